The van der Waals surface area contributed by atoms with Gasteiger partial charge in [0.2, 0.25) is 0 Å². The first kappa shape index (κ1) is 38.0. The highest BCUT2D eigenvalue weighted by molar-refractivity contribution is 9.10. The van der Waals surface area contributed by atoms with E-state index in [0.29, 0.717) is 6.61 Å². The fourth-order valence-electron chi connectivity index (χ4n) is 6.88. The predicted molar refractivity (Wildman–Crippen MR) is 202 cm³/mol. The van der Waals surface area contributed by atoms with Crippen LogP contribution in [0.15, 0.2) is 53.0 Å². The van der Waals surface area contributed by atoms with E-state index in [-0.39, 0.29) is 39.7 Å². The van der Waals surface area contributed by atoms with Crippen LogP contribution in [-0.4, -0.2) is 37.7 Å². The Labute approximate surface area is 298 Å². The normalized spacial score (nSPS) is 18.6. The zero-order valence-corrected chi connectivity index (χ0v) is 33.6. The molecule has 3 aromatic carbocycles. The number of halogens is 1. The molecule has 1 unspecified atom stereocenters. The van der Waals surface area contributed by atoms with Gasteiger partial charge in [-0.3, -0.25) is 9.69 Å². The lowest BCUT2D eigenvalue weighted by Gasteiger charge is -2.34. The zero-order valence-electron chi connectivity index (χ0n) is 32.0. The van der Waals surface area contributed by atoms with Crippen molar-refractivity contribution in [3.05, 3.63) is 91.9 Å². The highest BCUT2D eigenvalue weighted by Gasteiger charge is 2.58. The lowest BCUT2D eigenvalue weighted by atomic mass is 9.75. The fraction of sp³-hybridized carbons (Fsp3) is 0.548. The average Bonchev–Trinajstić information content (AvgIpc) is 3.70. The Balaban J connectivity index is 2.17. The summed E-state index contributed by atoms with van der Waals surface area (Å²) in [6.45, 7) is 29.1. The third-order valence-corrected chi connectivity index (χ3v) is 9.91. The third-order valence-electron chi connectivity index (χ3n) is 9.38. The number of methoxy groups -OCH3 is 2. The third kappa shape index (κ3) is 7.65. The van der Waals surface area contributed by atoms with Gasteiger partial charge in [-0.15, -0.1) is 0 Å². The maximum Gasteiger partial charge on any atom is 0.325 e. The minimum Gasteiger partial charge on any atom is -0.496 e. The summed E-state index contributed by atoms with van der Waals surface area (Å²) >= 11 is 3.61. The highest BCUT2D eigenvalue weighted by Crippen LogP contribution is 2.55. The first-order valence-electron chi connectivity index (χ1n) is 17.2. The molecule has 5 nitrogen and oxygen atoms in total. The van der Waals surface area contributed by atoms with E-state index in [0.717, 1.165) is 54.9 Å². The average molecular weight is 721 g/mol. The maximum atomic E-state index is 13.8. The van der Waals surface area contributed by atoms with Gasteiger partial charge >= 0.3 is 5.97 Å². The molecular weight excluding hydrogens is 662 g/mol. The molecule has 0 amide bonds. The molecule has 262 valence electrons. The van der Waals surface area contributed by atoms with Crippen LogP contribution in [0.2, 0.25) is 0 Å². The van der Waals surface area contributed by atoms with Crippen molar-refractivity contribution in [3.63, 3.8) is 0 Å². The van der Waals surface area contributed by atoms with Gasteiger partial charge in [0.15, 0.2) is 0 Å². The summed E-state index contributed by atoms with van der Waals surface area (Å²) in [5, 5.41) is 0. The molecule has 1 aliphatic heterocycles. The summed E-state index contributed by atoms with van der Waals surface area (Å²) in [5.41, 5.74) is 7.16. The standard InChI is InChI=1S/C42H58BrNO4/c1-16-48-38(45)35-34(25-17-19-28(43)20-18-25)44(35)33(26-21-29(39(2,3)4)36(46-14)30(22-26)40(5,6)7)27-23-31(41(8,9)10)37(47-15)32(24-27)42(11,12)13/h17-24,33-35H,16H2,1-15H3/t34-,35-,44?/m0/s1. The van der Waals surface area contributed by atoms with Crippen LogP contribution in [-0.2, 0) is 31.2 Å². The van der Waals surface area contributed by atoms with E-state index >= 15 is 0 Å². The van der Waals surface area contributed by atoms with Crippen LogP contribution in [0.3, 0.4) is 0 Å². The van der Waals surface area contributed by atoms with E-state index < -0.39 is 6.04 Å². The van der Waals surface area contributed by atoms with Crippen LogP contribution >= 0.6 is 15.9 Å². The second-order valence-corrected chi connectivity index (χ2v) is 18.3. The second kappa shape index (κ2) is 13.5. The van der Waals surface area contributed by atoms with E-state index in [1.165, 1.54) is 0 Å². The molecule has 3 atom stereocenters. The van der Waals surface area contributed by atoms with Crippen molar-refractivity contribution >= 4 is 21.9 Å². The van der Waals surface area contributed by atoms with E-state index in [2.05, 4.69) is 152 Å². The van der Waals surface area contributed by atoms with E-state index in [1.807, 2.05) is 6.92 Å². The van der Waals surface area contributed by atoms with Crippen molar-refractivity contribution in [2.24, 2.45) is 0 Å². The van der Waals surface area contributed by atoms with Crippen LogP contribution in [0.5, 0.6) is 11.5 Å². The van der Waals surface area contributed by atoms with Gasteiger partial charge in [-0.25, -0.2) is 0 Å². The smallest absolute Gasteiger partial charge is 0.325 e. The Bertz CT molecular complexity index is 1480. The van der Waals surface area contributed by atoms with Crippen LogP contribution in [0, 0.1) is 0 Å². The van der Waals surface area contributed by atoms with Crippen LogP contribution in [0.4, 0.5) is 0 Å². The minimum absolute atomic E-state index is 0.154. The molecule has 0 saturated carbocycles. The molecule has 0 radical (unpaired) electrons. The van der Waals surface area contributed by atoms with Gasteiger partial charge in [-0.05, 0) is 81.7 Å². The number of hydrogen-bond acceptors (Lipinski definition) is 5. The Morgan fingerprint density at radius 1 is 0.688 bits per heavy atom. The van der Waals surface area contributed by atoms with E-state index in [9.17, 15) is 4.79 Å². The summed E-state index contributed by atoms with van der Waals surface area (Å²) in [7, 11) is 3.55. The minimum atomic E-state index is -0.437. The van der Waals surface area contributed by atoms with E-state index in [1.54, 1.807) is 14.2 Å². The van der Waals surface area contributed by atoms with Gasteiger partial charge in [0, 0.05) is 26.7 Å². The van der Waals surface area contributed by atoms with Gasteiger partial charge in [0.25, 0.3) is 0 Å². The second-order valence-electron chi connectivity index (χ2n) is 17.3. The first-order valence-corrected chi connectivity index (χ1v) is 18.0. The summed E-state index contributed by atoms with van der Waals surface area (Å²) < 4.78 is 19.1. The van der Waals surface area contributed by atoms with Crippen molar-refractivity contribution in [3.8, 4) is 11.5 Å². The lowest BCUT2D eigenvalue weighted by Crippen LogP contribution is -2.25. The molecule has 0 aromatic heterocycles. The first-order chi connectivity index (χ1) is 22.1. The van der Waals surface area contributed by atoms with Gasteiger partial charge in [-0.2, -0.15) is 0 Å². The van der Waals surface area contributed by atoms with Gasteiger partial charge in [-0.1, -0.05) is 111 Å². The quantitative estimate of drug-likeness (QED) is 0.171. The lowest BCUT2D eigenvalue weighted by molar-refractivity contribution is -0.143. The van der Waals surface area contributed by atoms with Crippen molar-refractivity contribution in [2.75, 3.05) is 20.8 Å². The topological polar surface area (TPSA) is 47.8 Å². The molecule has 6 heteroatoms. The molecule has 0 N–H and O–H groups in total. The number of ether oxygens (including phenoxy) is 3. The number of carbonyl (C=O) groups excluding carboxylic acids is 1. The van der Waals surface area contributed by atoms with Crippen molar-refractivity contribution in [2.45, 2.75) is 130 Å². The predicted octanol–water partition coefficient (Wildman–Crippen LogP) is 10.7. The van der Waals surface area contributed by atoms with Gasteiger partial charge in [0.1, 0.15) is 17.5 Å². The van der Waals surface area contributed by atoms with E-state index in [4.69, 9.17) is 14.2 Å². The maximum absolute atomic E-state index is 13.8. The molecule has 0 aliphatic carbocycles. The summed E-state index contributed by atoms with van der Waals surface area (Å²) in [4.78, 5) is 16.2. The number of nitrogens with zero attached hydrogens (tertiary/aromatic N) is 1. The highest BCUT2D eigenvalue weighted by atomic mass is 79.9. The molecule has 4 rings (SSSR count). The zero-order chi connectivity index (χ0) is 36.1. The monoisotopic (exact) mass is 719 g/mol. The Hall–Kier alpha value is -2.83. The molecule has 48 heavy (non-hydrogen) atoms. The van der Waals surface area contributed by atoms with Crippen molar-refractivity contribution < 1.29 is 19.0 Å². The van der Waals surface area contributed by atoms with Crippen molar-refractivity contribution in [1.82, 2.24) is 4.90 Å². The number of carbonyl (C=O) groups is 1. The van der Waals surface area contributed by atoms with Crippen molar-refractivity contribution in [1.29, 1.82) is 0 Å². The Morgan fingerprint density at radius 2 is 1.04 bits per heavy atom. The Morgan fingerprint density at radius 3 is 1.33 bits per heavy atom. The fourth-order valence-corrected chi connectivity index (χ4v) is 7.15. The molecule has 0 spiro atoms. The molecule has 1 aliphatic rings. The molecule has 1 fully saturated rings. The summed E-state index contributed by atoms with van der Waals surface area (Å²) in [5.74, 6) is 1.65. The molecule has 3 aromatic rings. The Kier molecular flexibility index (Phi) is 10.7. The van der Waals surface area contributed by atoms with Crippen LogP contribution < -0.4 is 9.47 Å². The number of esters is 1. The number of benzene rings is 3. The number of rotatable bonds is 8. The summed E-state index contributed by atoms with van der Waals surface area (Å²) in [6, 6.07) is 16.7. The molecule has 1 saturated heterocycles. The summed E-state index contributed by atoms with van der Waals surface area (Å²) in [6.07, 6.45) is 0. The molecule has 0 bridgehead atoms. The molecular formula is C42H58BrNO4. The molecule has 1 heterocycles. The van der Waals surface area contributed by atoms with Crippen LogP contribution in [0.1, 0.15) is 141 Å². The van der Waals surface area contributed by atoms with Gasteiger partial charge < -0.3 is 14.2 Å². The van der Waals surface area contributed by atoms with Gasteiger partial charge in [0.05, 0.1) is 32.9 Å². The largest absolute Gasteiger partial charge is 0.496 e. The number of hydrogen-bond donors (Lipinski definition) is 0. The SMILES string of the molecule is CCOC(=O)[C@@H]1[C@H](c2ccc(Br)cc2)N1C(c1cc(C(C)(C)C)c(OC)c(C(C)(C)C)c1)c1cc(C(C)(C)C)c(OC)c(C(C)(C)C)c1. The van der Waals surface area contributed by atoms with Crippen LogP contribution in [0.25, 0.3) is 0 Å².